The second kappa shape index (κ2) is 44.0. The van der Waals surface area contributed by atoms with E-state index in [-0.39, 0.29) is 0 Å². The molecule has 0 aliphatic heterocycles. The second-order valence-corrected chi connectivity index (χ2v) is 22.7. The molecule has 0 saturated carbocycles. The van der Waals surface area contributed by atoms with E-state index in [0.717, 1.165) is 0 Å². The molecule has 0 atom stereocenters. The zero-order valence-corrected chi connectivity index (χ0v) is 51.5. The first-order valence-electron chi connectivity index (χ1n) is 29.6. The number of nitrogens with one attached hydrogen (secondary N) is 4. The van der Waals surface area contributed by atoms with Crippen LogP contribution in [0.2, 0.25) is 0 Å². The molecule has 0 saturated heterocycles. The topological polar surface area (TPSA) is 601 Å². The van der Waals surface area contributed by atoms with Crippen LogP contribution < -0.4 is 21.3 Å². The predicted molar refractivity (Wildman–Crippen MR) is 310 cm³/mol. The molecular weight excluding hydrogens is 1250 g/mol. The van der Waals surface area contributed by atoms with E-state index in [2.05, 4.69) is 21.3 Å². The third-order valence-corrected chi connectivity index (χ3v) is 15.0. The Balaban J connectivity index is 7.63. The van der Waals surface area contributed by atoms with Crippen molar-refractivity contribution in [2.75, 3.05) is 52.9 Å². The minimum absolute atomic E-state index is 0.394. The van der Waals surface area contributed by atoms with E-state index >= 15 is 0 Å². The van der Waals surface area contributed by atoms with Crippen molar-refractivity contribution in [2.24, 2.45) is 5.41 Å². The molecule has 16 N–H and O–H groups in total. The molecule has 0 heterocycles. The molecule has 0 spiro atoms. The standard InChI is InChI=1S/C57H88N4O32/c62-37(58-54(17-1-41(66)67,18-2-42(68)69)19-3-43(70)71)13-29-90-33-53(34-91-30-14-38(63)59-55(20-4-44(72)73,21-5-45(74)75)22-6-46(76)77,35-92-31-15-39(64)60-56(23-7-47(78)79,24-8-48(80)81)25-9-49(82)83)36-93-32-16-40(65)61-57(26-10-50(84)85,27-11-51(86)87)28-12-52(88)89/h1-36H2,(H,58,62)(H,59,63)(H,60,64)(H,61,65)(H,66,67)(H,68,69)(H,70,71)(H,72,73)(H,74,75)(H,76,77)(H,78,79)(H,80,81)(H,82,83)(H,84,85)(H,86,87)(H,88,89). The highest BCUT2D eigenvalue weighted by Gasteiger charge is 2.39. The molecule has 36 nitrogen and oxygen atoms in total. The van der Waals surface area contributed by atoms with Crippen molar-refractivity contribution in [2.45, 2.75) is 202 Å². The third-order valence-electron chi connectivity index (χ3n) is 15.0. The Hall–Kier alpha value is -8.64. The van der Waals surface area contributed by atoms with Crippen LogP contribution in [0, 0.1) is 5.41 Å². The number of carbonyl (C=O) groups is 16. The average molecular weight is 1340 g/mol. The van der Waals surface area contributed by atoms with Gasteiger partial charge >= 0.3 is 71.6 Å². The van der Waals surface area contributed by atoms with Gasteiger partial charge in [0.2, 0.25) is 23.6 Å². The Bertz CT molecular complexity index is 2030. The molecule has 0 fully saturated rings. The highest BCUT2D eigenvalue weighted by molar-refractivity contribution is 5.80. The highest BCUT2D eigenvalue weighted by Crippen LogP contribution is 2.31. The molecule has 0 rings (SSSR count). The summed E-state index contributed by atoms with van der Waals surface area (Å²) in [5.74, 6) is -19.8. The average Bonchev–Trinajstić information content (AvgIpc) is 0.990. The molecule has 0 bridgehead atoms. The monoisotopic (exact) mass is 1340 g/mol. The summed E-state index contributed by atoms with van der Waals surface area (Å²) in [5, 5.41) is 124. The van der Waals surface area contributed by atoms with Crippen LogP contribution in [0.25, 0.3) is 0 Å². The lowest BCUT2D eigenvalue weighted by Gasteiger charge is -2.35. The van der Waals surface area contributed by atoms with Crippen molar-refractivity contribution in [3.63, 3.8) is 0 Å². The van der Waals surface area contributed by atoms with Crippen LogP contribution in [0.5, 0.6) is 0 Å². The van der Waals surface area contributed by atoms with Gasteiger partial charge in [-0.15, -0.1) is 0 Å². The van der Waals surface area contributed by atoms with Gasteiger partial charge in [0.05, 0.1) is 58.3 Å². The first-order chi connectivity index (χ1) is 43.4. The second-order valence-electron chi connectivity index (χ2n) is 22.7. The number of hydrogen-bond acceptors (Lipinski definition) is 20. The summed E-state index contributed by atoms with van der Waals surface area (Å²) in [6.07, 6.45) is -14.5. The van der Waals surface area contributed by atoms with Gasteiger partial charge in [-0.2, -0.15) is 0 Å². The van der Waals surface area contributed by atoms with Gasteiger partial charge in [-0.25, -0.2) is 0 Å². The van der Waals surface area contributed by atoms with Gasteiger partial charge < -0.3 is 101 Å². The molecule has 0 radical (unpaired) electrons. The zero-order valence-electron chi connectivity index (χ0n) is 51.5. The molecular formula is C57H88N4O32. The Morgan fingerprint density at radius 1 is 0.204 bits per heavy atom. The summed E-state index contributed by atoms with van der Waals surface area (Å²) in [6.45, 7) is -4.57. The molecule has 0 aromatic carbocycles. The Kier molecular flexibility index (Phi) is 39.9. The van der Waals surface area contributed by atoms with Gasteiger partial charge in [-0.3, -0.25) is 76.7 Å². The number of ether oxygens (including phenoxy) is 4. The van der Waals surface area contributed by atoms with Gasteiger partial charge in [-0.05, 0) is 77.0 Å². The molecule has 4 amide bonds. The first kappa shape index (κ1) is 84.4. The molecule has 36 heteroatoms. The fourth-order valence-electron chi connectivity index (χ4n) is 9.90. The van der Waals surface area contributed by atoms with Crippen molar-refractivity contribution >= 4 is 95.3 Å². The van der Waals surface area contributed by atoms with Crippen molar-refractivity contribution in [1.82, 2.24) is 21.3 Å². The number of amides is 4. The van der Waals surface area contributed by atoms with Crippen molar-refractivity contribution in [3.8, 4) is 0 Å². The van der Waals surface area contributed by atoms with E-state index in [1.165, 1.54) is 0 Å². The number of carboxylic acids is 12. The fourth-order valence-corrected chi connectivity index (χ4v) is 9.90. The van der Waals surface area contributed by atoms with Crippen LogP contribution in [-0.2, 0) is 95.7 Å². The van der Waals surface area contributed by atoms with Crippen LogP contribution in [0.3, 0.4) is 0 Å². The lowest BCUT2D eigenvalue weighted by atomic mass is 9.83. The maximum Gasteiger partial charge on any atom is 0.303 e. The Morgan fingerprint density at radius 2 is 0.323 bits per heavy atom. The van der Waals surface area contributed by atoms with Gasteiger partial charge in [0.15, 0.2) is 0 Å². The minimum Gasteiger partial charge on any atom is -0.481 e. The first-order valence-corrected chi connectivity index (χ1v) is 29.6. The minimum atomic E-state index is -1.70. The fraction of sp³-hybridized carbons (Fsp3) is 0.719. The largest absolute Gasteiger partial charge is 0.481 e. The highest BCUT2D eigenvalue weighted by atomic mass is 16.5. The normalized spacial score (nSPS) is 11.8. The van der Waals surface area contributed by atoms with Gasteiger partial charge in [0.25, 0.3) is 0 Å². The molecule has 0 aliphatic rings. The van der Waals surface area contributed by atoms with E-state index < -0.39 is 355 Å². The van der Waals surface area contributed by atoms with Crippen LogP contribution in [0.15, 0.2) is 0 Å². The van der Waals surface area contributed by atoms with E-state index in [9.17, 15) is 138 Å². The van der Waals surface area contributed by atoms with Crippen molar-refractivity contribution in [1.29, 1.82) is 0 Å². The molecule has 93 heavy (non-hydrogen) atoms. The van der Waals surface area contributed by atoms with Gasteiger partial charge in [-0.1, -0.05) is 0 Å². The maximum atomic E-state index is 13.6. The third kappa shape index (κ3) is 41.5. The smallest absolute Gasteiger partial charge is 0.303 e. The summed E-state index contributed by atoms with van der Waals surface area (Å²) in [5.41, 5.74) is -8.36. The van der Waals surface area contributed by atoms with Crippen molar-refractivity contribution < 1.29 is 157 Å². The summed E-state index contributed by atoms with van der Waals surface area (Å²) in [4.78, 5) is 194. The lowest BCUT2D eigenvalue weighted by Crippen LogP contribution is -2.50. The number of hydrogen-bond donors (Lipinski definition) is 16. The van der Waals surface area contributed by atoms with E-state index in [0.29, 0.717) is 0 Å². The van der Waals surface area contributed by atoms with Crippen molar-refractivity contribution in [3.05, 3.63) is 0 Å². The Morgan fingerprint density at radius 3 is 0.430 bits per heavy atom. The number of aliphatic carboxylic acids is 12. The van der Waals surface area contributed by atoms with E-state index in [1.807, 2.05) is 0 Å². The number of rotatable bonds is 60. The number of carbonyl (C=O) groups excluding carboxylic acids is 4. The van der Waals surface area contributed by atoms with Gasteiger partial charge in [0, 0.05) is 125 Å². The van der Waals surface area contributed by atoms with E-state index in [4.69, 9.17) is 18.9 Å². The predicted octanol–water partition coefficient (Wildman–Crippen LogP) is 1.40. The molecule has 0 aliphatic carbocycles. The summed E-state index contributed by atoms with van der Waals surface area (Å²) in [7, 11) is 0. The van der Waals surface area contributed by atoms with E-state index in [1.54, 1.807) is 0 Å². The summed E-state index contributed by atoms with van der Waals surface area (Å²) in [6, 6.07) is 0. The molecule has 0 unspecified atom stereocenters. The maximum absolute atomic E-state index is 13.6. The quantitative estimate of drug-likeness (QED) is 0.0383. The molecule has 0 aromatic heterocycles. The van der Waals surface area contributed by atoms with Crippen LogP contribution in [0.4, 0.5) is 0 Å². The lowest BCUT2D eigenvalue weighted by molar-refractivity contribution is -0.141. The zero-order chi connectivity index (χ0) is 70.9. The van der Waals surface area contributed by atoms with Crippen LogP contribution >= 0.6 is 0 Å². The summed E-state index contributed by atoms with van der Waals surface area (Å²) >= 11 is 0. The van der Waals surface area contributed by atoms with Crippen LogP contribution in [-0.4, -0.2) is 232 Å². The molecule has 0 aromatic rings. The SMILES string of the molecule is O=C(O)CCC(CCC(=O)O)(CCC(=O)O)NC(=O)CCOCC(COCCC(=O)NC(CCC(=O)O)(CCC(=O)O)CCC(=O)O)(COCCC(=O)NC(CCC(=O)O)(CCC(=O)O)CCC(=O)O)COCCC(=O)NC(CCC(=O)O)(CCC(=O)O)CCC(=O)O. The van der Waals surface area contributed by atoms with Crippen LogP contribution in [0.1, 0.15) is 180 Å². The molecule has 528 valence electrons. The number of carboxylic acid groups (broad SMARTS) is 12. The Labute approximate surface area is 532 Å². The van der Waals surface area contributed by atoms with Gasteiger partial charge in [0.1, 0.15) is 0 Å². The summed E-state index contributed by atoms with van der Waals surface area (Å²) < 4.78 is 23.9.